The molecule has 0 N–H and O–H groups in total. The third-order valence-electron chi connectivity index (χ3n) is 1.60. The molecule has 0 aliphatic rings. The first-order valence-corrected chi connectivity index (χ1v) is 5.59. The van der Waals surface area contributed by atoms with Crippen molar-refractivity contribution in [2.24, 2.45) is 0 Å². The molecule has 0 spiro atoms. The highest BCUT2D eigenvalue weighted by Gasteiger charge is 2.17. The minimum atomic E-state index is -2.59. The van der Waals surface area contributed by atoms with Crippen LogP contribution in [0.25, 0.3) is 0 Å². The summed E-state index contributed by atoms with van der Waals surface area (Å²) in [5.74, 6) is 0.484. The molecule has 1 aromatic rings. The summed E-state index contributed by atoms with van der Waals surface area (Å²) in [4.78, 5) is 3.79. The van der Waals surface area contributed by atoms with E-state index in [1.165, 1.54) is 13.2 Å². The number of aromatic nitrogens is 1. The summed E-state index contributed by atoms with van der Waals surface area (Å²) in [6.07, 6.45) is -2.59. The molecule has 14 heavy (non-hydrogen) atoms. The van der Waals surface area contributed by atoms with Gasteiger partial charge in [-0.15, -0.1) is 0 Å². The molecule has 78 valence electrons. The third-order valence-corrected chi connectivity index (χ3v) is 2.76. The number of hydrogen-bond donors (Lipinski definition) is 0. The lowest BCUT2D eigenvalue weighted by molar-refractivity contribution is 0.144. The average molecular weight is 331 g/mol. The summed E-state index contributed by atoms with van der Waals surface area (Å²) < 4.78 is 30.1. The Hall–Kier alpha value is -0.230. The summed E-state index contributed by atoms with van der Waals surface area (Å²) in [6.45, 7) is 0. The SMILES string of the molecule is COc1cc(Br)c(C(F)F)nc1CBr. The Bertz CT molecular complexity index is 333. The fourth-order valence-electron chi connectivity index (χ4n) is 0.952. The summed E-state index contributed by atoms with van der Waals surface area (Å²) >= 11 is 6.17. The van der Waals surface area contributed by atoms with E-state index in [2.05, 4.69) is 36.8 Å². The van der Waals surface area contributed by atoms with Gasteiger partial charge in [0.05, 0.1) is 12.8 Å². The van der Waals surface area contributed by atoms with E-state index in [1.54, 1.807) is 0 Å². The lowest BCUT2D eigenvalue weighted by Crippen LogP contribution is -1.99. The molecule has 0 aliphatic carbocycles. The van der Waals surface area contributed by atoms with E-state index < -0.39 is 6.43 Å². The van der Waals surface area contributed by atoms with Gasteiger partial charge in [-0.3, -0.25) is 0 Å². The van der Waals surface area contributed by atoms with Gasteiger partial charge in [-0.25, -0.2) is 13.8 Å². The first-order chi connectivity index (χ1) is 6.60. The summed E-state index contributed by atoms with van der Waals surface area (Å²) in [5.41, 5.74) is 0.200. The number of alkyl halides is 3. The largest absolute Gasteiger partial charge is 0.495 e. The van der Waals surface area contributed by atoms with E-state index in [0.717, 1.165) is 0 Å². The third kappa shape index (κ3) is 2.42. The topological polar surface area (TPSA) is 22.1 Å². The molecule has 0 aliphatic heterocycles. The number of nitrogens with zero attached hydrogens (tertiary/aromatic N) is 1. The predicted octanol–water partition coefficient (Wildman–Crippen LogP) is 3.69. The molecule has 1 aromatic heterocycles. The van der Waals surface area contributed by atoms with Gasteiger partial charge in [-0.05, 0) is 22.0 Å². The first-order valence-electron chi connectivity index (χ1n) is 3.67. The van der Waals surface area contributed by atoms with E-state index >= 15 is 0 Å². The number of rotatable bonds is 3. The molecule has 6 heteroatoms. The molecular formula is C8H7Br2F2NO. The molecule has 0 saturated heterocycles. The Morgan fingerprint density at radius 1 is 1.57 bits per heavy atom. The lowest BCUT2D eigenvalue weighted by atomic mass is 10.3. The van der Waals surface area contributed by atoms with Gasteiger partial charge in [0.25, 0.3) is 6.43 Å². The van der Waals surface area contributed by atoms with Crippen molar-refractivity contribution in [1.29, 1.82) is 0 Å². The molecule has 1 heterocycles. The van der Waals surface area contributed by atoms with Crippen LogP contribution in [0.3, 0.4) is 0 Å². The summed E-state index contributed by atoms with van der Waals surface area (Å²) in [7, 11) is 1.47. The summed E-state index contributed by atoms with van der Waals surface area (Å²) in [6, 6.07) is 1.49. The van der Waals surface area contributed by atoms with Crippen molar-refractivity contribution >= 4 is 31.9 Å². The maximum Gasteiger partial charge on any atom is 0.281 e. The lowest BCUT2D eigenvalue weighted by Gasteiger charge is -2.09. The van der Waals surface area contributed by atoms with Crippen LogP contribution in [0.4, 0.5) is 8.78 Å². The normalized spacial score (nSPS) is 10.7. The van der Waals surface area contributed by atoms with Gasteiger partial charge in [0.15, 0.2) is 0 Å². The smallest absolute Gasteiger partial charge is 0.281 e. The fraction of sp³-hybridized carbons (Fsp3) is 0.375. The number of methoxy groups -OCH3 is 1. The van der Waals surface area contributed by atoms with Crippen LogP contribution in [-0.4, -0.2) is 12.1 Å². The van der Waals surface area contributed by atoms with Crippen LogP contribution in [0.15, 0.2) is 10.5 Å². The monoisotopic (exact) mass is 329 g/mol. The van der Waals surface area contributed by atoms with Crippen molar-refractivity contribution < 1.29 is 13.5 Å². The van der Waals surface area contributed by atoms with Crippen molar-refractivity contribution in [3.8, 4) is 5.75 Å². The minimum Gasteiger partial charge on any atom is -0.495 e. The Labute approximate surface area is 96.9 Å². The van der Waals surface area contributed by atoms with Crippen molar-refractivity contribution in [3.63, 3.8) is 0 Å². The molecule has 0 aromatic carbocycles. The van der Waals surface area contributed by atoms with E-state index in [-0.39, 0.29) is 10.2 Å². The standard InChI is InChI=1S/C8H7Br2F2NO/c1-14-6-2-4(10)7(8(11)12)13-5(6)3-9/h2,8H,3H2,1H3. The second-order valence-electron chi connectivity index (χ2n) is 2.44. The van der Waals surface area contributed by atoms with Crippen molar-refractivity contribution in [3.05, 3.63) is 21.9 Å². The van der Waals surface area contributed by atoms with Gasteiger partial charge < -0.3 is 4.74 Å². The zero-order valence-electron chi connectivity index (χ0n) is 7.23. The molecule has 0 unspecified atom stereocenters. The van der Waals surface area contributed by atoms with Gasteiger partial charge in [-0.2, -0.15) is 0 Å². The van der Waals surface area contributed by atoms with E-state index in [1.807, 2.05) is 0 Å². The van der Waals surface area contributed by atoms with E-state index in [4.69, 9.17) is 4.74 Å². The van der Waals surface area contributed by atoms with Gasteiger partial charge in [-0.1, -0.05) is 15.9 Å². The van der Waals surface area contributed by atoms with Crippen LogP contribution in [0.1, 0.15) is 17.8 Å². The van der Waals surface area contributed by atoms with E-state index in [9.17, 15) is 8.78 Å². The van der Waals surface area contributed by atoms with Crippen LogP contribution >= 0.6 is 31.9 Å². The second-order valence-corrected chi connectivity index (χ2v) is 3.85. The highest BCUT2D eigenvalue weighted by atomic mass is 79.9. The molecule has 0 bridgehead atoms. The maximum absolute atomic E-state index is 12.4. The van der Waals surface area contributed by atoms with Crippen molar-refractivity contribution in [2.75, 3.05) is 7.11 Å². The van der Waals surface area contributed by atoms with Gasteiger partial charge in [0, 0.05) is 9.80 Å². The van der Waals surface area contributed by atoms with Crippen LogP contribution in [0, 0.1) is 0 Å². The van der Waals surface area contributed by atoms with E-state index in [0.29, 0.717) is 16.8 Å². The second kappa shape index (κ2) is 5.02. The number of hydrogen-bond acceptors (Lipinski definition) is 2. The quantitative estimate of drug-likeness (QED) is 0.789. The molecule has 0 fully saturated rings. The Morgan fingerprint density at radius 3 is 2.64 bits per heavy atom. The van der Waals surface area contributed by atoms with Gasteiger partial charge >= 0.3 is 0 Å². The van der Waals surface area contributed by atoms with Crippen molar-refractivity contribution in [2.45, 2.75) is 11.8 Å². The molecule has 1 rings (SSSR count). The maximum atomic E-state index is 12.4. The van der Waals surface area contributed by atoms with Crippen molar-refractivity contribution in [1.82, 2.24) is 4.98 Å². The highest BCUT2D eigenvalue weighted by molar-refractivity contribution is 9.10. The van der Waals surface area contributed by atoms with Crippen LogP contribution in [-0.2, 0) is 5.33 Å². The minimum absolute atomic E-state index is 0.258. The molecule has 0 radical (unpaired) electrons. The molecule has 0 atom stereocenters. The first kappa shape index (κ1) is 11.8. The van der Waals surface area contributed by atoms with Crippen LogP contribution < -0.4 is 4.74 Å². The summed E-state index contributed by atoms with van der Waals surface area (Å²) in [5, 5.41) is 0.378. The number of halogens is 4. The average Bonchev–Trinajstić information content (AvgIpc) is 2.16. The zero-order chi connectivity index (χ0) is 10.7. The molecule has 0 amide bonds. The molecular weight excluding hydrogens is 324 g/mol. The Balaban J connectivity index is 3.23. The van der Waals surface area contributed by atoms with Gasteiger partial charge in [0.2, 0.25) is 0 Å². The predicted molar refractivity (Wildman–Crippen MR) is 56.1 cm³/mol. The molecule has 0 saturated carbocycles. The van der Waals surface area contributed by atoms with Crippen LogP contribution in [0.2, 0.25) is 0 Å². The van der Waals surface area contributed by atoms with Crippen LogP contribution in [0.5, 0.6) is 5.75 Å². The fourth-order valence-corrected chi connectivity index (χ4v) is 1.82. The highest BCUT2D eigenvalue weighted by Crippen LogP contribution is 2.31. The Morgan fingerprint density at radius 2 is 2.21 bits per heavy atom. The van der Waals surface area contributed by atoms with Gasteiger partial charge in [0.1, 0.15) is 11.4 Å². The molecule has 2 nitrogen and oxygen atoms in total. The number of ether oxygens (including phenoxy) is 1. The zero-order valence-corrected chi connectivity index (χ0v) is 10.4. The Kier molecular flexibility index (Phi) is 4.25. The number of pyridine rings is 1.